The number of benzene rings is 1. The minimum absolute atomic E-state index is 0.713. The van der Waals surface area contributed by atoms with Gasteiger partial charge in [0.1, 0.15) is 5.69 Å². The third-order valence-corrected chi connectivity index (χ3v) is 2.88. The van der Waals surface area contributed by atoms with Crippen molar-refractivity contribution >= 4 is 17.0 Å². The summed E-state index contributed by atoms with van der Waals surface area (Å²) in [4.78, 5) is 4.30. The van der Waals surface area contributed by atoms with Gasteiger partial charge in [-0.15, -0.1) is 17.8 Å². The molecule has 0 spiro atoms. The Bertz CT molecular complexity index is 491. The van der Waals surface area contributed by atoms with Crippen LogP contribution in [0.4, 0.5) is 5.69 Å². The summed E-state index contributed by atoms with van der Waals surface area (Å²) in [6, 6.07) is 7.80. The van der Waals surface area contributed by atoms with Gasteiger partial charge in [-0.2, -0.15) is 0 Å². The van der Waals surface area contributed by atoms with E-state index in [4.69, 9.17) is 12.2 Å². The Morgan fingerprint density at radius 2 is 2.07 bits per heavy atom. The van der Waals surface area contributed by atoms with Crippen molar-refractivity contribution in [3.05, 3.63) is 45.9 Å². The van der Waals surface area contributed by atoms with Gasteiger partial charge in [0.05, 0.1) is 5.01 Å². The Labute approximate surface area is 92.8 Å². The predicted octanol–water partition coefficient (Wildman–Crippen LogP) is 2.30. The molecule has 0 saturated carbocycles. The van der Waals surface area contributed by atoms with Crippen LogP contribution in [0.5, 0.6) is 0 Å². The zero-order valence-corrected chi connectivity index (χ0v) is 8.92. The van der Waals surface area contributed by atoms with E-state index in [1.54, 1.807) is 11.3 Å². The second-order valence-corrected chi connectivity index (χ2v) is 4.13. The molecule has 1 heterocycles. The van der Waals surface area contributed by atoms with E-state index >= 15 is 0 Å². The van der Waals surface area contributed by atoms with Gasteiger partial charge in [0.25, 0.3) is 0 Å². The van der Waals surface area contributed by atoms with Gasteiger partial charge in [0.15, 0.2) is 0 Å². The van der Waals surface area contributed by atoms with Crippen LogP contribution in [0, 0.1) is 12.3 Å². The number of hydrogen-bond donors (Lipinski definition) is 1. The monoisotopic (exact) mass is 214 g/mol. The molecule has 1 aromatic carbocycles. The molecular weight excluding hydrogens is 204 g/mol. The number of hydrogen-bond acceptors (Lipinski definition) is 3. The summed E-state index contributed by atoms with van der Waals surface area (Å²) >= 11 is 1.59. The number of nitrogens with two attached hydrogens (primary N) is 1. The van der Waals surface area contributed by atoms with Crippen molar-refractivity contribution in [2.75, 3.05) is 5.73 Å². The first-order valence-electron chi connectivity index (χ1n) is 4.53. The van der Waals surface area contributed by atoms with Gasteiger partial charge in [-0.05, 0) is 23.6 Å². The third-order valence-electron chi connectivity index (χ3n) is 2.03. The Morgan fingerprint density at radius 1 is 1.33 bits per heavy atom. The fourth-order valence-electron chi connectivity index (χ4n) is 1.27. The zero-order valence-electron chi connectivity index (χ0n) is 8.10. The first-order valence-corrected chi connectivity index (χ1v) is 5.41. The first-order chi connectivity index (χ1) is 7.28. The first kappa shape index (κ1) is 9.75. The van der Waals surface area contributed by atoms with Crippen LogP contribution in [0.2, 0.25) is 0 Å². The zero-order chi connectivity index (χ0) is 10.7. The number of nitrogen functional groups attached to an aromatic ring is 1. The summed E-state index contributed by atoms with van der Waals surface area (Å²) in [7, 11) is 0. The van der Waals surface area contributed by atoms with Gasteiger partial charge >= 0.3 is 0 Å². The van der Waals surface area contributed by atoms with Crippen molar-refractivity contribution in [3.63, 3.8) is 0 Å². The second-order valence-electron chi connectivity index (χ2n) is 3.19. The molecule has 74 valence electrons. The van der Waals surface area contributed by atoms with E-state index in [0.29, 0.717) is 5.69 Å². The quantitative estimate of drug-likeness (QED) is 0.615. The number of rotatable bonds is 2. The summed E-state index contributed by atoms with van der Waals surface area (Å²) in [6.07, 6.45) is 6.07. The molecule has 0 aliphatic rings. The summed E-state index contributed by atoms with van der Waals surface area (Å²) in [5.41, 5.74) is 8.30. The molecule has 0 saturated heterocycles. The molecule has 0 bridgehead atoms. The van der Waals surface area contributed by atoms with E-state index in [-0.39, 0.29) is 0 Å². The van der Waals surface area contributed by atoms with E-state index in [9.17, 15) is 0 Å². The SMILES string of the molecule is C#Cc1csc(Cc2ccc(N)cc2)n1. The maximum absolute atomic E-state index is 5.61. The predicted molar refractivity (Wildman–Crippen MR) is 63.7 cm³/mol. The van der Waals surface area contributed by atoms with Crippen molar-refractivity contribution in [1.29, 1.82) is 0 Å². The van der Waals surface area contributed by atoms with E-state index in [1.165, 1.54) is 5.56 Å². The van der Waals surface area contributed by atoms with Gasteiger partial charge in [-0.25, -0.2) is 4.98 Å². The largest absolute Gasteiger partial charge is 0.399 e. The highest BCUT2D eigenvalue weighted by molar-refractivity contribution is 7.09. The van der Waals surface area contributed by atoms with Crippen LogP contribution in [-0.4, -0.2) is 4.98 Å². The van der Waals surface area contributed by atoms with E-state index < -0.39 is 0 Å². The smallest absolute Gasteiger partial charge is 0.124 e. The lowest BCUT2D eigenvalue weighted by atomic mass is 10.1. The van der Waals surface area contributed by atoms with Crippen LogP contribution >= 0.6 is 11.3 Å². The van der Waals surface area contributed by atoms with Crippen LogP contribution in [0.25, 0.3) is 0 Å². The molecule has 0 radical (unpaired) electrons. The maximum Gasteiger partial charge on any atom is 0.124 e. The van der Waals surface area contributed by atoms with Crippen molar-refractivity contribution in [2.24, 2.45) is 0 Å². The Morgan fingerprint density at radius 3 is 2.67 bits per heavy atom. The Hall–Kier alpha value is -1.79. The lowest BCUT2D eigenvalue weighted by Crippen LogP contribution is -1.89. The average molecular weight is 214 g/mol. The lowest BCUT2D eigenvalue weighted by Gasteiger charge is -1.98. The number of nitrogens with zero attached hydrogens (tertiary/aromatic N) is 1. The number of anilines is 1. The molecule has 2 aromatic rings. The summed E-state index contributed by atoms with van der Waals surface area (Å²) in [5.74, 6) is 2.52. The molecule has 0 fully saturated rings. The standard InChI is InChI=1S/C12H10N2S/c1-2-11-8-15-12(14-11)7-9-3-5-10(13)6-4-9/h1,3-6,8H,7,13H2. The van der Waals surface area contributed by atoms with Gasteiger partial charge in [0, 0.05) is 17.5 Å². The van der Waals surface area contributed by atoms with Crippen LogP contribution in [0.15, 0.2) is 29.6 Å². The summed E-state index contributed by atoms with van der Waals surface area (Å²) in [6.45, 7) is 0. The fraction of sp³-hybridized carbons (Fsp3) is 0.0833. The van der Waals surface area contributed by atoms with E-state index in [2.05, 4.69) is 10.9 Å². The van der Waals surface area contributed by atoms with Gasteiger partial charge in [0.2, 0.25) is 0 Å². The topological polar surface area (TPSA) is 38.9 Å². The molecule has 0 aliphatic heterocycles. The van der Waals surface area contributed by atoms with E-state index in [0.717, 1.165) is 17.1 Å². The molecule has 2 nitrogen and oxygen atoms in total. The molecule has 0 amide bonds. The summed E-state index contributed by atoms with van der Waals surface area (Å²) in [5, 5.41) is 2.93. The van der Waals surface area contributed by atoms with Crippen LogP contribution in [0.1, 0.15) is 16.3 Å². The molecule has 0 atom stereocenters. The molecule has 1 aromatic heterocycles. The van der Waals surface area contributed by atoms with Crippen LogP contribution in [-0.2, 0) is 6.42 Å². The van der Waals surface area contributed by atoms with Crippen LogP contribution < -0.4 is 5.73 Å². The van der Waals surface area contributed by atoms with Gasteiger partial charge < -0.3 is 5.73 Å². The molecule has 0 unspecified atom stereocenters. The van der Waals surface area contributed by atoms with E-state index in [1.807, 2.05) is 29.6 Å². The Kier molecular flexibility index (Phi) is 2.70. The molecule has 3 heteroatoms. The highest BCUT2D eigenvalue weighted by Crippen LogP contribution is 2.15. The third kappa shape index (κ3) is 2.36. The highest BCUT2D eigenvalue weighted by Gasteiger charge is 2.01. The molecule has 2 rings (SSSR count). The number of aromatic nitrogens is 1. The fourth-order valence-corrected chi connectivity index (χ4v) is 2.04. The molecule has 0 aliphatic carbocycles. The van der Waals surface area contributed by atoms with Crippen LogP contribution in [0.3, 0.4) is 0 Å². The van der Waals surface area contributed by atoms with Crippen molar-refractivity contribution in [2.45, 2.75) is 6.42 Å². The van der Waals surface area contributed by atoms with Crippen molar-refractivity contribution in [3.8, 4) is 12.3 Å². The maximum atomic E-state index is 5.61. The van der Waals surface area contributed by atoms with Crippen molar-refractivity contribution in [1.82, 2.24) is 4.98 Å². The number of thiazole rings is 1. The van der Waals surface area contributed by atoms with Gasteiger partial charge in [-0.1, -0.05) is 12.1 Å². The average Bonchev–Trinajstić information content (AvgIpc) is 2.69. The number of terminal acetylenes is 1. The Balaban J connectivity index is 2.15. The molecule has 2 N–H and O–H groups in total. The summed E-state index contributed by atoms with van der Waals surface area (Å²) < 4.78 is 0. The lowest BCUT2D eigenvalue weighted by molar-refractivity contribution is 1.13. The normalized spacial score (nSPS) is 9.80. The minimum Gasteiger partial charge on any atom is -0.399 e. The molecular formula is C12H10N2S. The van der Waals surface area contributed by atoms with Crippen molar-refractivity contribution < 1.29 is 0 Å². The van der Waals surface area contributed by atoms with Gasteiger partial charge in [-0.3, -0.25) is 0 Å². The minimum atomic E-state index is 0.713. The molecule has 15 heavy (non-hydrogen) atoms. The second kappa shape index (κ2) is 4.16. The highest BCUT2D eigenvalue weighted by atomic mass is 32.1.